The number of carbonyl (C=O) groups is 2. The van der Waals surface area contributed by atoms with E-state index in [2.05, 4.69) is 10.6 Å². The molecule has 1 atom stereocenters. The lowest BCUT2D eigenvalue weighted by Crippen LogP contribution is -2.45. The van der Waals surface area contributed by atoms with Gasteiger partial charge in [0, 0.05) is 24.5 Å². The number of piperidine rings is 1. The second kappa shape index (κ2) is 8.49. The highest BCUT2D eigenvalue weighted by Gasteiger charge is 2.28. The molecule has 0 aromatic heterocycles. The number of likely N-dealkylation sites (tertiary alicyclic amines) is 1. The molecular weight excluding hydrogens is 330 g/mol. The van der Waals surface area contributed by atoms with Gasteiger partial charge >= 0.3 is 6.03 Å². The number of benzene rings is 2. The summed E-state index contributed by atoms with van der Waals surface area (Å²) in [7, 11) is 0. The summed E-state index contributed by atoms with van der Waals surface area (Å²) in [6.07, 6.45) is 1.54. The normalized spacial score (nSPS) is 16.8. The Morgan fingerprint density at radius 1 is 1.04 bits per heavy atom. The number of aliphatic hydroxyl groups is 1. The number of carbonyl (C=O) groups excluding carboxylic acids is 2. The zero-order valence-corrected chi connectivity index (χ0v) is 14.5. The predicted octanol–water partition coefficient (Wildman–Crippen LogP) is 3.06. The Morgan fingerprint density at radius 3 is 2.58 bits per heavy atom. The third-order valence-electron chi connectivity index (χ3n) is 4.48. The van der Waals surface area contributed by atoms with Crippen LogP contribution in [0.25, 0.3) is 0 Å². The fourth-order valence-corrected chi connectivity index (χ4v) is 3.09. The summed E-state index contributed by atoms with van der Waals surface area (Å²) in [4.78, 5) is 26.7. The quantitative estimate of drug-likeness (QED) is 0.790. The van der Waals surface area contributed by atoms with Crippen LogP contribution in [0, 0.1) is 5.92 Å². The first-order valence-electron chi connectivity index (χ1n) is 8.77. The first kappa shape index (κ1) is 17.9. The number of para-hydroxylation sites is 1. The molecule has 1 heterocycles. The minimum atomic E-state index is -0.247. The number of amides is 3. The van der Waals surface area contributed by atoms with Crippen LogP contribution in [0.2, 0.25) is 0 Å². The highest BCUT2D eigenvalue weighted by atomic mass is 16.3. The average Bonchev–Trinajstić information content (AvgIpc) is 2.69. The highest BCUT2D eigenvalue weighted by molar-refractivity contribution is 5.94. The fraction of sp³-hybridized carbons (Fsp3) is 0.300. The molecule has 6 nitrogen and oxygen atoms in total. The lowest BCUT2D eigenvalue weighted by molar-refractivity contribution is -0.121. The molecule has 3 amide bonds. The maximum Gasteiger partial charge on any atom is 0.321 e. The Bertz CT molecular complexity index is 764. The van der Waals surface area contributed by atoms with Crippen LogP contribution in [0.3, 0.4) is 0 Å². The zero-order chi connectivity index (χ0) is 18.4. The van der Waals surface area contributed by atoms with E-state index in [1.54, 1.807) is 29.2 Å². The molecule has 1 aliphatic rings. The Morgan fingerprint density at radius 2 is 1.81 bits per heavy atom. The van der Waals surface area contributed by atoms with E-state index in [9.17, 15) is 14.7 Å². The lowest BCUT2D eigenvalue weighted by atomic mass is 9.97. The van der Waals surface area contributed by atoms with Crippen LogP contribution >= 0.6 is 0 Å². The van der Waals surface area contributed by atoms with Gasteiger partial charge in [0.25, 0.3) is 0 Å². The molecule has 0 radical (unpaired) electrons. The van der Waals surface area contributed by atoms with E-state index in [1.807, 2.05) is 30.3 Å². The molecule has 0 bridgehead atoms. The molecule has 0 aliphatic carbocycles. The van der Waals surface area contributed by atoms with Crippen molar-refractivity contribution >= 4 is 23.3 Å². The monoisotopic (exact) mass is 353 g/mol. The van der Waals surface area contributed by atoms with Crippen LogP contribution < -0.4 is 10.6 Å². The summed E-state index contributed by atoms with van der Waals surface area (Å²) in [5.74, 6) is -0.347. The molecule has 0 saturated carbocycles. The number of anilines is 2. The van der Waals surface area contributed by atoms with Gasteiger partial charge in [-0.2, -0.15) is 0 Å². The van der Waals surface area contributed by atoms with Crippen molar-refractivity contribution < 1.29 is 14.7 Å². The SMILES string of the molecule is O=C(Nc1cccc(CO)c1)[C@@H]1CCCN(C(=O)Nc2ccccc2)C1. The molecule has 6 heteroatoms. The zero-order valence-electron chi connectivity index (χ0n) is 14.5. The van der Waals surface area contributed by atoms with Gasteiger partial charge in [-0.1, -0.05) is 30.3 Å². The first-order valence-corrected chi connectivity index (χ1v) is 8.77. The average molecular weight is 353 g/mol. The summed E-state index contributed by atoms with van der Waals surface area (Å²) in [6, 6.07) is 16.2. The first-order chi connectivity index (χ1) is 12.7. The molecule has 0 spiro atoms. The second-order valence-electron chi connectivity index (χ2n) is 6.43. The summed E-state index contributed by atoms with van der Waals surface area (Å²) in [6.45, 7) is 0.965. The van der Waals surface area contributed by atoms with Gasteiger partial charge in [0.1, 0.15) is 0 Å². The fourth-order valence-electron chi connectivity index (χ4n) is 3.09. The van der Waals surface area contributed by atoms with E-state index in [1.165, 1.54) is 0 Å². The molecule has 1 saturated heterocycles. The van der Waals surface area contributed by atoms with E-state index in [4.69, 9.17) is 0 Å². The molecule has 3 N–H and O–H groups in total. The van der Waals surface area contributed by atoms with Gasteiger partial charge in [0.15, 0.2) is 0 Å². The molecule has 1 aliphatic heterocycles. The summed E-state index contributed by atoms with van der Waals surface area (Å²) < 4.78 is 0. The molecule has 2 aromatic rings. The van der Waals surface area contributed by atoms with Crippen molar-refractivity contribution in [2.75, 3.05) is 23.7 Å². The van der Waals surface area contributed by atoms with Crippen LogP contribution in [0.4, 0.5) is 16.2 Å². The van der Waals surface area contributed by atoms with E-state index >= 15 is 0 Å². The van der Waals surface area contributed by atoms with Crippen molar-refractivity contribution in [3.63, 3.8) is 0 Å². The maximum atomic E-state index is 12.6. The van der Waals surface area contributed by atoms with Crippen LogP contribution in [-0.4, -0.2) is 35.0 Å². The lowest BCUT2D eigenvalue weighted by Gasteiger charge is -2.32. The van der Waals surface area contributed by atoms with E-state index in [0.717, 1.165) is 24.1 Å². The number of hydrogen-bond donors (Lipinski definition) is 3. The topological polar surface area (TPSA) is 81.7 Å². The molecule has 3 rings (SSSR count). The van der Waals surface area contributed by atoms with Crippen molar-refractivity contribution in [2.45, 2.75) is 19.4 Å². The highest BCUT2D eigenvalue weighted by Crippen LogP contribution is 2.20. The second-order valence-corrected chi connectivity index (χ2v) is 6.43. The molecule has 2 aromatic carbocycles. The molecule has 136 valence electrons. The van der Waals surface area contributed by atoms with Gasteiger partial charge < -0.3 is 20.6 Å². The van der Waals surface area contributed by atoms with Gasteiger partial charge in [-0.15, -0.1) is 0 Å². The van der Waals surface area contributed by atoms with Crippen LogP contribution in [0.15, 0.2) is 54.6 Å². The minimum absolute atomic E-state index is 0.0689. The van der Waals surface area contributed by atoms with Crippen molar-refractivity contribution in [3.05, 3.63) is 60.2 Å². The van der Waals surface area contributed by atoms with E-state index in [0.29, 0.717) is 18.8 Å². The van der Waals surface area contributed by atoms with Crippen molar-refractivity contribution in [1.82, 2.24) is 4.90 Å². The van der Waals surface area contributed by atoms with Crippen LogP contribution in [-0.2, 0) is 11.4 Å². The van der Waals surface area contributed by atoms with Gasteiger partial charge in [0.2, 0.25) is 5.91 Å². The third kappa shape index (κ3) is 4.61. The third-order valence-corrected chi connectivity index (χ3v) is 4.48. The summed E-state index contributed by atoms with van der Waals surface area (Å²) in [5.41, 5.74) is 2.15. The van der Waals surface area contributed by atoms with Gasteiger partial charge in [-0.25, -0.2) is 4.79 Å². The summed E-state index contributed by atoms with van der Waals surface area (Å²) >= 11 is 0. The van der Waals surface area contributed by atoms with Gasteiger partial charge in [-0.3, -0.25) is 4.79 Å². The number of rotatable bonds is 4. The number of hydrogen-bond acceptors (Lipinski definition) is 3. The number of aliphatic hydroxyl groups excluding tert-OH is 1. The standard InChI is InChI=1S/C20H23N3O3/c24-14-15-6-4-10-18(12-15)21-19(25)16-7-5-11-23(13-16)20(26)22-17-8-2-1-3-9-17/h1-4,6,8-10,12,16,24H,5,7,11,13-14H2,(H,21,25)(H,22,26)/t16-/m1/s1. The number of nitrogens with one attached hydrogen (secondary N) is 2. The van der Waals surface area contributed by atoms with E-state index in [-0.39, 0.29) is 24.5 Å². The van der Waals surface area contributed by atoms with Gasteiger partial charge in [0.05, 0.1) is 12.5 Å². The predicted molar refractivity (Wildman–Crippen MR) is 101 cm³/mol. The van der Waals surface area contributed by atoms with Crippen LogP contribution in [0.5, 0.6) is 0 Å². The minimum Gasteiger partial charge on any atom is -0.392 e. The van der Waals surface area contributed by atoms with Gasteiger partial charge in [-0.05, 0) is 42.7 Å². The maximum absolute atomic E-state index is 12.6. The largest absolute Gasteiger partial charge is 0.392 e. The molecule has 26 heavy (non-hydrogen) atoms. The Kier molecular flexibility index (Phi) is 5.86. The molecular formula is C20H23N3O3. The number of nitrogens with zero attached hydrogens (tertiary/aromatic N) is 1. The van der Waals surface area contributed by atoms with Crippen LogP contribution in [0.1, 0.15) is 18.4 Å². The molecule has 1 fully saturated rings. The Labute approximate surface area is 152 Å². The number of urea groups is 1. The Hall–Kier alpha value is -2.86. The van der Waals surface area contributed by atoms with Crippen molar-refractivity contribution in [3.8, 4) is 0 Å². The van der Waals surface area contributed by atoms with E-state index < -0.39 is 0 Å². The molecule has 0 unspecified atom stereocenters. The van der Waals surface area contributed by atoms with Crippen molar-refractivity contribution in [1.29, 1.82) is 0 Å². The van der Waals surface area contributed by atoms with Crippen molar-refractivity contribution in [2.24, 2.45) is 5.92 Å². The Balaban J connectivity index is 1.58. The summed E-state index contributed by atoms with van der Waals surface area (Å²) in [5, 5.41) is 14.9. The smallest absolute Gasteiger partial charge is 0.321 e.